The van der Waals surface area contributed by atoms with Crippen molar-refractivity contribution in [3.63, 3.8) is 0 Å². The summed E-state index contributed by atoms with van der Waals surface area (Å²) in [7, 11) is -2.60. The summed E-state index contributed by atoms with van der Waals surface area (Å²) in [5.74, 6) is 0.416. The van der Waals surface area contributed by atoms with Gasteiger partial charge in [-0.3, -0.25) is 9.88 Å². The average Bonchev–Trinajstić information content (AvgIpc) is 3.22. The van der Waals surface area contributed by atoms with Crippen LogP contribution in [0.1, 0.15) is 35.7 Å². The molecule has 29 heavy (non-hydrogen) atoms. The maximum absolute atomic E-state index is 10.7. The zero-order valence-corrected chi connectivity index (χ0v) is 17.0. The molecular weight excluding hydrogens is 386 g/mol. The van der Waals surface area contributed by atoms with Crippen LogP contribution in [0.2, 0.25) is 0 Å². The zero-order valence-electron chi connectivity index (χ0n) is 16.1. The largest absolute Gasteiger partial charge is 0.299 e. The second-order valence-corrected chi connectivity index (χ2v) is 8.16. The molecule has 0 aliphatic carbocycles. The van der Waals surface area contributed by atoms with Gasteiger partial charge in [-0.05, 0) is 50.2 Å². The van der Waals surface area contributed by atoms with Gasteiger partial charge < -0.3 is 0 Å². The van der Waals surface area contributed by atoms with Crippen molar-refractivity contribution in [2.45, 2.75) is 31.8 Å². The standard InChI is InChI=1S/C21H25N5O2S/c27-29(28)23-14-19-5-4-8-21(24-19)18-9-11-25(12-10-18)15-17-13-22-26(16-17)20-6-2-1-3-7-20/h1-8,13,16,18,29H,9-12,14-15H2,(H,23,27,28). The van der Waals surface area contributed by atoms with E-state index in [2.05, 4.69) is 25.9 Å². The van der Waals surface area contributed by atoms with E-state index in [-0.39, 0.29) is 6.54 Å². The number of hydrogen-bond acceptors (Lipinski definition) is 5. The lowest BCUT2D eigenvalue weighted by Gasteiger charge is -2.31. The number of aromatic nitrogens is 3. The van der Waals surface area contributed by atoms with Crippen molar-refractivity contribution in [2.24, 2.45) is 0 Å². The van der Waals surface area contributed by atoms with E-state index >= 15 is 0 Å². The van der Waals surface area contributed by atoms with Crippen LogP contribution in [0.4, 0.5) is 0 Å². The molecule has 3 heterocycles. The maximum atomic E-state index is 10.7. The Morgan fingerprint density at radius 2 is 1.83 bits per heavy atom. The van der Waals surface area contributed by atoms with Gasteiger partial charge in [-0.15, -0.1) is 0 Å². The highest BCUT2D eigenvalue weighted by Gasteiger charge is 2.22. The number of pyridine rings is 1. The first kappa shape index (κ1) is 19.8. The van der Waals surface area contributed by atoms with Gasteiger partial charge in [0.1, 0.15) is 0 Å². The lowest BCUT2D eigenvalue weighted by molar-refractivity contribution is 0.203. The lowest BCUT2D eigenvalue weighted by Crippen LogP contribution is -2.32. The minimum Gasteiger partial charge on any atom is -0.299 e. The first-order valence-corrected chi connectivity index (χ1v) is 11.0. The second-order valence-electron chi connectivity index (χ2n) is 7.32. The van der Waals surface area contributed by atoms with Crippen LogP contribution in [-0.2, 0) is 24.0 Å². The summed E-state index contributed by atoms with van der Waals surface area (Å²) in [6.45, 7) is 3.17. The molecule has 7 nitrogen and oxygen atoms in total. The first-order valence-electron chi connectivity index (χ1n) is 9.82. The van der Waals surface area contributed by atoms with Gasteiger partial charge >= 0.3 is 0 Å². The molecule has 0 radical (unpaired) electrons. The number of thiol groups is 1. The van der Waals surface area contributed by atoms with Crippen molar-refractivity contribution in [1.29, 1.82) is 0 Å². The highest BCUT2D eigenvalue weighted by atomic mass is 32.2. The lowest BCUT2D eigenvalue weighted by atomic mass is 9.92. The van der Waals surface area contributed by atoms with E-state index in [1.807, 2.05) is 59.4 Å². The molecule has 1 aliphatic rings. The molecule has 2 aromatic heterocycles. The van der Waals surface area contributed by atoms with Crippen molar-refractivity contribution in [3.05, 3.63) is 77.9 Å². The van der Waals surface area contributed by atoms with Crippen molar-refractivity contribution < 1.29 is 8.42 Å². The van der Waals surface area contributed by atoms with Crippen LogP contribution in [0.25, 0.3) is 5.69 Å². The van der Waals surface area contributed by atoms with Gasteiger partial charge in [0, 0.05) is 29.9 Å². The minimum atomic E-state index is -2.60. The molecule has 8 heteroatoms. The van der Waals surface area contributed by atoms with E-state index in [9.17, 15) is 8.42 Å². The Bertz CT molecular complexity index is 1000. The molecule has 1 fully saturated rings. The summed E-state index contributed by atoms with van der Waals surface area (Å²) in [6.07, 6.45) is 6.14. The molecule has 0 atom stereocenters. The molecule has 1 aliphatic heterocycles. The third-order valence-corrected chi connectivity index (χ3v) is 5.70. The highest BCUT2D eigenvalue weighted by Crippen LogP contribution is 2.27. The van der Waals surface area contributed by atoms with E-state index in [1.54, 1.807) is 0 Å². The van der Waals surface area contributed by atoms with Gasteiger partial charge in [0.2, 0.25) is 10.9 Å². The van der Waals surface area contributed by atoms with Gasteiger partial charge in [-0.2, -0.15) is 5.10 Å². The van der Waals surface area contributed by atoms with Crippen molar-refractivity contribution in [2.75, 3.05) is 13.1 Å². The number of likely N-dealkylation sites (tertiary alicyclic amines) is 1. The summed E-state index contributed by atoms with van der Waals surface area (Å²) in [5, 5.41) is 4.48. The zero-order chi connectivity index (χ0) is 20.1. The Morgan fingerprint density at radius 1 is 1.03 bits per heavy atom. The fraction of sp³-hybridized carbons (Fsp3) is 0.333. The van der Waals surface area contributed by atoms with Gasteiger partial charge in [0.05, 0.1) is 24.1 Å². The second kappa shape index (κ2) is 9.30. The predicted molar refractivity (Wildman–Crippen MR) is 112 cm³/mol. The van der Waals surface area contributed by atoms with E-state index < -0.39 is 10.9 Å². The number of hydrogen-bond donors (Lipinski definition) is 2. The Labute approximate surface area is 172 Å². The van der Waals surface area contributed by atoms with Crippen LogP contribution in [-0.4, -0.2) is 41.2 Å². The molecule has 3 aromatic rings. The number of nitrogens with one attached hydrogen (secondary N) is 1. The average molecular weight is 412 g/mol. The van der Waals surface area contributed by atoms with Crippen LogP contribution in [0.3, 0.4) is 0 Å². The van der Waals surface area contributed by atoms with Crippen molar-refractivity contribution in [3.8, 4) is 5.69 Å². The Kier molecular flexibility index (Phi) is 6.33. The molecule has 0 spiro atoms. The quantitative estimate of drug-likeness (QED) is 0.583. The molecule has 0 saturated carbocycles. The molecule has 0 bridgehead atoms. The van der Waals surface area contributed by atoms with Crippen molar-refractivity contribution >= 4 is 10.9 Å². The van der Waals surface area contributed by atoms with Gasteiger partial charge in [0.15, 0.2) is 0 Å². The fourth-order valence-electron chi connectivity index (χ4n) is 3.78. The van der Waals surface area contributed by atoms with Gasteiger partial charge in [-0.25, -0.2) is 17.8 Å². The number of piperidine rings is 1. The third kappa shape index (κ3) is 5.29. The first-order chi connectivity index (χ1) is 14.2. The topological polar surface area (TPSA) is 80.1 Å². The minimum absolute atomic E-state index is 0.247. The predicted octanol–water partition coefficient (Wildman–Crippen LogP) is 2.26. The monoisotopic (exact) mass is 411 g/mol. The van der Waals surface area contributed by atoms with Crippen LogP contribution in [0.15, 0.2) is 60.9 Å². The summed E-state index contributed by atoms with van der Waals surface area (Å²) in [4.78, 5) is 7.11. The van der Waals surface area contributed by atoms with E-state index in [0.29, 0.717) is 5.92 Å². The summed E-state index contributed by atoms with van der Waals surface area (Å²) >= 11 is 0. The Hall–Kier alpha value is -2.55. The fourth-order valence-corrected chi connectivity index (χ4v) is 4.07. The molecule has 1 aromatic carbocycles. The van der Waals surface area contributed by atoms with Gasteiger partial charge in [0.25, 0.3) is 0 Å². The van der Waals surface area contributed by atoms with Crippen LogP contribution in [0.5, 0.6) is 0 Å². The number of benzene rings is 1. The number of para-hydroxylation sites is 1. The van der Waals surface area contributed by atoms with E-state index in [1.165, 1.54) is 5.56 Å². The van der Waals surface area contributed by atoms with E-state index in [0.717, 1.165) is 49.6 Å². The summed E-state index contributed by atoms with van der Waals surface area (Å²) in [6, 6.07) is 16.0. The molecule has 4 rings (SSSR count). The van der Waals surface area contributed by atoms with Crippen molar-refractivity contribution in [1.82, 2.24) is 24.4 Å². The maximum Gasteiger partial charge on any atom is 0.201 e. The Balaban J connectivity index is 1.32. The molecule has 0 unspecified atom stereocenters. The molecule has 1 saturated heterocycles. The van der Waals surface area contributed by atoms with Crippen LogP contribution < -0.4 is 4.72 Å². The highest BCUT2D eigenvalue weighted by molar-refractivity contribution is 7.70. The molecule has 1 N–H and O–H groups in total. The number of rotatable bonds is 7. The van der Waals surface area contributed by atoms with Crippen LogP contribution in [0, 0.1) is 0 Å². The third-order valence-electron chi connectivity index (χ3n) is 5.29. The van der Waals surface area contributed by atoms with E-state index in [4.69, 9.17) is 0 Å². The number of nitrogens with zero attached hydrogens (tertiary/aromatic N) is 4. The molecule has 152 valence electrons. The Morgan fingerprint density at radius 3 is 2.59 bits per heavy atom. The van der Waals surface area contributed by atoms with Crippen LogP contribution >= 0.6 is 0 Å². The molecular formula is C21H25N5O2S. The van der Waals surface area contributed by atoms with Gasteiger partial charge in [-0.1, -0.05) is 24.3 Å². The summed E-state index contributed by atoms with van der Waals surface area (Å²) in [5.41, 5.74) is 4.10. The SMILES string of the molecule is O=[SH](=O)NCc1cccc(C2CCN(Cc3cnn(-c4ccccc4)c3)CC2)n1. The smallest absolute Gasteiger partial charge is 0.201 e. The normalized spacial score (nSPS) is 15.8. The molecule has 0 amide bonds. The summed E-state index contributed by atoms with van der Waals surface area (Å²) < 4.78 is 25.8.